The molecular weight excluding hydrogens is 500 g/mol. The second kappa shape index (κ2) is 11.9. The summed E-state index contributed by atoms with van der Waals surface area (Å²) in [6, 6.07) is 16.3. The van der Waals surface area contributed by atoms with Crippen LogP contribution >= 0.6 is 0 Å². The number of para-hydroxylation sites is 1. The Bertz CT molecular complexity index is 1450. The summed E-state index contributed by atoms with van der Waals surface area (Å²) in [5, 5.41) is 12.0. The van der Waals surface area contributed by atoms with E-state index in [9.17, 15) is 14.4 Å². The van der Waals surface area contributed by atoms with E-state index in [0.717, 1.165) is 22.0 Å². The lowest BCUT2D eigenvalue weighted by Crippen LogP contribution is -2.44. The molecule has 5 rings (SSSR count). The van der Waals surface area contributed by atoms with E-state index >= 15 is 0 Å². The molecule has 11 heteroatoms. The van der Waals surface area contributed by atoms with Gasteiger partial charge in [-0.1, -0.05) is 53.7 Å². The number of hydrogen-bond acceptors (Lipinski definition) is 7. The number of hydrogen-bond donors (Lipinski definition) is 2. The summed E-state index contributed by atoms with van der Waals surface area (Å²) in [6.45, 7) is 2.41. The quantitative estimate of drug-likeness (QED) is 0.300. The third kappa shape index (κ3) is 6.15. The second-order valence-corrected chi connectivity index (χ2v) is 9.31. The van der Waals surface area contributed by atoms with Crippen molar-refractivity contribution in [2.75, 3.05) is 19.8 Å². The number of morpholine rings is 1. The number of benzene rings is 2. The average molecular weight is 531 g/mol. The first-order chi connectivity index (χ1) is 19.0. The Labute approximate surface area is 225 Å². The summed E-state index contributed by atoms with van der Waals surface area (Å²) in [4.78, 5) is 43.1. The van der Waals surface area contributed by atoms with E-state index in [0.29, 0.717) is 12.3 Å². The number of nitrogens with zero attached hydrogens (tertiary/aromatic N) is 4. The Kier molecular flexibility index (Phi) is 7.97. The van der Waals surface area contributed by atoms with Crippen LogP contribution < -0.4 is 5.32 Å². The fourth-order valence-electron chi connectivity index (χ4n) is 4.76. The van der Waals surface area contributed by atoms with Crippen molar-refractivity contribution >= 4 is 28.7 Å². The standard InChI is InChI=1S/C28H30N6O5/c1-2-39-28(37)24(12-20-13-29-23-11-7-6-10-22(20)23)30-26(35)16-33-14-21(31-32-33)15-34-25(17-38-18-27(34)36)19-8-4-3-5-9-19/h3-11,13-14,24-25,29H,2,12,15-18H2,1H3,(H,30,35)/t24-,25-/m0/s1. The lowest BCUT2D eigenvalue weighted by molar-refractivity contribution is -0.149. The van der Waals surface area contributed by atoms with Crippen molar-refractivity contribution < 1.29 is 23.9 Å². The molecule has 39 heavy (non-hydrogen) atoms. The molecule has 11 nitrogen and oxygen atoms in total. The number of esters is 1. The van der Waals surface area contributed by atoms with Gasteiger partial charge in [0.2, 0.25) is 11.8 Å². The van der Waals surface area contributed by atoms with Gasteiger partial charge >= 0.3 is 5.97 Å². The summed E-state index contributed by atoms with van der Waals surface area (Å²) < 4.78 is 12.1. The molecule has 1 fully saturated rings. The van der Waals surface area contributed by atoms with Gasteiger partial charge < -0.3 is 24.7 Å². The maximum atomic E-state index is 12.9. The SMILES string of the molecule is CCOC(=O)[C@H](Cc1c[nH]c2ccccc12)NC(=O)Cn1cc(CN2C(=O)COC[C@H]2c2ccccc2)nn1. The Morgan fingerprint density at radius 1 is 1.18 bits per heavy atom. The number of rotatable bonds is 10. The second-order valence-electron chi connectivity index (χ2n) is 9.31. The molecule has 0 saturated carbocycles. The first kappa shape index (κ1) is 26.1. The monoisotopic (exact) mass is 530 g/mol. The predicted molar refractivity (Wildman–Crippen MR) is 141 cm³/mol. The topological polar surface area (TPSA) is 131 Å². The molecule has 0 spiro atoms. The molecule has 0 radical (unpaired) electrons. The van der Waals surface area contributed by atoms with Crippen LogP contribution in [0.15, 0.2) is 67.0 Å². The summed E-state index contributed by atoms with van der Waals surface area (Å²) >= 11 is 0. The summed E-state index contributed by atoms with van der Waals surface area (Å²) in [6.07, 6.45) is 3.74. The van der Waals surface area contributed by atoms with Crippen LogP contribution in [0.5, 0.6) is 0 Å². The van der Waals surface area contributed by atoms with Crippen LogP contribution in [0, 0.1) is 0 Å². The number of carbonyl (C=O) groups excluding carboxylic acids is 3. The van der Waals surface area contributed by atoms with Gasteiger partial charge in [-0.3, -0.25) is 9.59 Å². The number of amides is 2. The van der Waals surface area contributed by atoms with Crippen LogP contribution in [-0.2, 0) is 43.4 Å². The van der Waals surface area contributed by atoms with Gasteiger partial charge in [0.1, 0.15) is 24.9 Å². The van der Waals surface area contributed by atoms with Crippen LogP contribution in [0.3, 0.4) is 0 Å². The molecule has 0 bridgehead atoms. The van der Waals surface area contributed by atoms with Crippen molar-refractivity contribution in [3.8, 4) is 0 Å². The molecule has 2 aromatic heterocycles. The van der Waals surface area contributed by atoms with Gasteiger partial charge in [0.25, 0.3) is 0 Å². The molecule has 0 unspecified atom stereocenters. The van der Waals surface area contributed by atoms with E-state index < -0.39 is 17.9 Å². The minimum Gasteiger partial charge on any atom is -0.464 e. The molecule has 2 N–H and O–H groups in total. The van der Waals surface area contributed by atoms with Gasteiger partial charge in [-0.15, -0.1) is 5.10 Å². The highest BCUT2D eigenvalue weighted by Crippen LogP contribution is 2.26. The first-order valence-corrected chi connectivity index (χ1v) is 12.8. The molecule has 0 aliphatic carbocycles. The van der Waals surface area contributed by atoms with E-state index in [4.69, 9.17) is 9.47 Å². The number of ether oxygens (including phenoxy) is 2. The number of aromatic nitrogens is 4. The number of nitrogens with one attached hydrogen (secondary N) is 2. The van der Waals surface area contributed by atoms with E-state index in [1.807, 2.05) is 60.8 Å². The maximum Gasteiger partial charge on any atom is 0.328 e. The highest BCUT2D eigenvalue weighted by atomic mass is 16.5. The zero-order chi connectivity index (χ0) is 27.2. The van der Waals surface area contributed by atoms with Crippen molar-refractivity contribution in [3.63, 3.8) is 0 Å². The molecule has 1 aliphatic heterocycles. The van der Waals surface area contributed by atoms with Crippen LogP contribution in [0.2, 0.25) is 0 Å². The highest BCUT2D eigenvalue weighted by molar-refractivity contribution is 5.87. The van der Waals surface area contributed by atoms with Crippen molar-refractivity contribution in [2.45, 2.75) is 38.5 Å². The highest BCUT2D eigenvalue weighted by Gasteiger charge is 2.31. The lowest BCUT2D eigenvalue weighted by Gasteiger charge is -2.35. The third-order valence-corrected chi connectivity index (χ3v) is 6.61. The molecular formula is C28H30N6O5. The van der Waals surface area contributed by atoms with Crippen molar-refractivity contribution in [1.29, 1.82) is 0 Å². The Hall–Kier alpha value is -4.51. The van der Waals surface area contributed by atoms with Gasteiger partial charge in [0, 0.05) is 23.5 Å². The van der Waals surface area contributed by atoms with E-state index in [-0.39, 0.29) is 44.7 Å². The average Bonchev–Trinajstić information content (AvgIpc) is 3.56. The van der Waals surface area contributed by atoms with Crippen LogP contribution in [-0.4, -0.2) is 68.5 Å². The normalized spacial score (nSPS) is 16.3. The van der Waals surface area contributed by atoms with Crippen LogP contribution in [0.4, 0.5) is 0 Å². The van der Waals surface area contributed by atoms with Gasteiger partial charge in [0.15, 0.2) is 0 Å². The largest absolute Gasteiger partial charge is 0.464 e. The fraction of sp³-hybridized carbons (Fsp3) is 0.321. The molecule has 2 atom stereocenters. The lowest BCUT2D eigenvalue weighted by atomic mass is 10.0. The Morgan fingerprint density at radius 3 is 2.79 bits per heavy atom. The molecule has 4 aromatic rings. The molecule has 2 amide bonds. The van der Waals surface area contributed by atoms with Gasteiger partial charge in [0.05, 0.1) is 32.0 Å². The predicted octanol–water partition coefficient (Wildman–Crippen LogP) is 2.15. The molecule has 1 aliphatic rings. The van der Waals surface area contributed by atoms with E-state index in [1.165, 1.54) is 4.68 Å². The molecule has 1 saturated heterocycles. The number of carbonyl (C=O) groups is 3. The minimum absolute atomic E-state index is 0.00551. The zero-order valence-corrected chi connectivity index (χ0v) is 21.6. The number of fused-ring (bicyclic) bond motifs is 1. The smallest absolute Gasteiger partial charge is 0.328 e. The molecule has 3 heterocycles. The maximum absolute atomic E-state index is 12.9. The van der Waals surface area contributed by atoms with E-state index in [2.05, 4.69) is 20.6 Å². The Morgan fingerprint density at radius 2 is 1.97 bits per heavy atom. The van der Waals surface area contributed by atoms with Gasteiger partial charge in [-0.25, -0.2) is 9.48 Å². The molecule has 202 valence electrons. The summed E-state index contributed by atoms with van der Waals surface area (Å²) in [5.41, 5.74) is 3.36. The first-order valence-electron chi connectivity index (χ1n) is 12.8. The van der Waals surface area contributed by atoms with Gasteiger partial charge in [-0.2, -0.15) is 0 Å². The number of H-pyrrole nitrogens is 1. The summed E-state index contributed by atoms with van der Waals surface area (Å²) in [7, 11) is 0. The van der Waals surface area contributed by atoms with Crippen molar-refractivity contribution in [3.05, 3.63) is 83.8 Å². The van der Waals surface area contributed by atoms with E-state index in [1.54, 1.807) is 18.0 Å². The zero-order valence-electron chi connectivity index (χ0n) is 21.6. The minimum atomic E-state index is -0.864. The van der Waals surface area contributed by atoms with Crippen LogP contribution in [0.25, 0.3) is 10.9 Å². The third-order valence-electron chi connectivity index (χ3n) is 6.61. The summed E-state index contributed by atoms with van der Waals surface area (Å²) in [5.74, 6) is -1.06. The Balaban J connectivity index is 1.24. The molecule has 2 aromatic carbocycles. The fourth-order valence-corrected chi connectivity index (χ4v) is 4.76. The van der Waals surface area contributed by atoms with Crippen molar-refractivity contribution in [1.82, 2.24) is 30.2 Å². The number of aromatic amines is 1. The van der Waals surface area contributed by atoms with Crippen molar-refractivity contribution in [2.24, 2.45) is 0 Å². The van der Waals surface area contributed by atoms with Gasteiger partial charge in [-0.05, 0) is 24.1 Å². The van der Waals surface area contributed by atoms with Crippen LogP contribution in [0.1, 0.15) is 29.8 Å².